The summed E-state index contributed by atoms with van der Waals surface area (Å²) in [4.78, 5) is 68.4. The molecule has 0 saturated carbocycles. The molecule has 4 atom stereocenters. The van der Waals surface area contributed by atoms with Crippen molar-refractivity contribution in [3.63, 3.8) is 0 Å². The molecule has 0 aliphatic carbocycles. The first kappa shape index (κ1) is 25.1. The molecule has 4 unspecified atom stereocenters. The standard InChI is InChI=1S/C14H23N5O8S/c1-5(17-12(24)6(15)2-9(16)20)11(23)19-8(4-28)13(25)18-7(14(26)27)3-10(21)22/h5-8,28H,2-4,15H2,1H3,(H2,16,20)(H,17,24)(H,18,25)(H,19,23)(H,21,22)(H,26,27). The van der Waals surface area contributed by atoms with Gasteiger partial charge in [0, 0.05) is 5.75 Å². The highest BCUT2D eigenvalue weighted by atomic mass is 32.1. The van der Waals surface area contributed by atoms with Crippen molar-refractivity contribution in [1.29, 1.82) is 0 Å². The summed E-state index contributed by atoms with van der Waals surface area (Å²) in [5.74, 6) is -6.66. The van der Waals surface area contributed by atoms with E-state index in [1.165, 1.54) is 6.92 Å². The highest BCUT2D eigenvalue weighted by Crippen LogP contribution is 1.98. The van der Waals surface area contributed by atoms with Gasteiger partial charge in [-0.3, -0.25) is 24.0 Å². The van der Waals surface area contributed by atoms with Crippen LogP contribution in [0.25, 0.3) is 0 Å². The lowest BCUT2D eigenvalue weighted by Gasteiger charge is -2.22. The fourth-order valence-electron chi connectivity index (χ4n) is 1.83. The van der Waals surface area contributed by atoms with E-state index < -0.39 is 72.6 Å². The zero-order valence-electron chi connectivity index (χ0n) is 14.9. The molecule has 9 N–H and O–H groups in total. The fourth-order valence-corrected chi connectivity index (χ4v) is 2.09. The van der Waals surface area contributed by atoms with Crippen LogP contribution >= 0.6 is 12.6 Å². The zero-order valence-corrected chi connectivity index (χ0v) is 15.8. The van der Waals surface area contributed by atoms with E-state index in [0.29, 0.717) is 0 Å². The van der Waals surface area contributed by atoms with Crippen LogP contribution in [0.4, 0.5) is 0 Å². The molecular weight excluding hydrogens is 398 g/mol. The fraction of sp³-hybridized carbons (Fsp3) is 0.571. The number of primary amides is 1. The molecule has 0 aliphatic heterocycles. The number of rotatable bonds is 12. The predicted molar refractivity (Wildman–Crippen MR) is 97.0 cm³/mol. The van der Waals surface area contributed by atoms with Gasteiger partial charge in [-0.05, 0) is 6.92 Å². The van der Waals surface area contributed by atoms with Crippen LogP contribution in [0.5, 0.6) is 0 Å². The van der Waals surface area contributed by atoms with Gasteiger partial charge < -0.3 is 37.6 Å². The number of carbonyl (C=O) groups is 6. The summed E-state index contributed by atoms with van der Waals surface area (Å²) in [6.45, 7) is 1.28. The van der Waals surface area contributed by atoms with Gasteiger partial charge in [0.25, 0.3) is 0 Å². The van der Waals surface area contributed by atoms with Crippen LogP contribution in [0.1, 0.15) is 19.8 Å². The van der Waals surface area contributed by atoms with Crippen LogP contribution in [0.3, 0.4) is 0 Å². The first-order valence-electron chi connectivity index (χ1n) is 7.89. The number of carboxylic acid groups (broad SMARTS) is 2. The molecule has 14 heteroatoms. The SMILES string of the molecule is CC(NC(=O)C(N)CC(N)=O)C(=O)NC(CS)C(=O)NC(CC(=O)O)C(=O)O. The highest BCUT2D eigenvalue weighted by molar-refractivity contribution is 7.80. The molecule has 0 radical (unpaired) electrons. The number of aliphatic carboxylic acids is 2. The van der Waals surface area contributed by atoms with Gasteiger partial charge in [0.2, 0.25) is 23.6 Å². The van der Waals surface area contributed by atoms with Crippen LogP contribution < -0.4 is 27.4 Å². The smallest absolute Gasteiger partial charge is 0.326 e. The first-order valence-corrected chi connectivity index (χ1v) is 8.52. The average molecular weight is 421 g/mol. The van der Waals surface area contributed by atoms with Crippen LogP contribution in [0.2, 0.25) is 0 Å². The number of hydrogen-bond donors (Lipinski definition) is 8. The molecule has 0 saturated heterocycles. The van der Waals surface area contributed by atoms with Crippen molar-refractivity contribution >= 4 is 48.2 Å². The Kier molecular flexibility index (Phi) is 10.6. The summed E-state index contributed by atoms with van der Waals surface area (Å²) in [6.07, 6.45) is -1.29. The molecule has 0 bridgehead atoms. The largest absolute Gasteiger partial charge is 0.481 e. The van der Waals surface area contributed by atoms with Crippen molar-refractivity contribution < 1.29 is 39.0 Å². The lowest BCUT2D eigenvalue weighted by atomic mass is 10.1. The minimum Gasteiger partial charge on any atom is -0.481 e. The third-order valence-corrected chi connectivity index (χ3v) is 3.68. The Morgan fingerprint density at radius 2 is 1.43 bits per heavy atom. The predicted octanol–water partition coefficient (Wildman–Crippen LogP) is -3.85. The van der Waals surface area contributed by atoms with E-state index in [1.807, 2.05) is 5.32 Å². The molecular formula is C14H23N5O8S. The molecule has 158 valence electrons. The molecule has 28 heavy (non-hydrogen) atoms. The number of thiol groups is 1. The molecule has 0 heterocycles. The Morgan fingerprint density at radius 3 is 1.86 bits per heavy atom. The first-order chi connectivity index (χ1) is 12.9. The van der Waals surface area contributed by atoms with Crippen molar-refractivity contribution in [1.82, 2.24) is 16.0 Å². The Morgan fingerprint density at radius 1 is 0.893 bits per heavy atom. The normalized spacial score (nSPS) is 14.7. The van der Waals surface area contributed by atoms with Gasteiger partial charge in [-0.2, -0.15) is 12.6 Å². The molecule has 0 rings (SSSR count). The third-order valence-electron chi connectivity index (χ3n) is 3.32. The lowest BCUT2D eigenvalue weighted by molar-refractivity contribution is -0.147. The topological polar surface area (TPSA) is 231 Å². The number of nitrogens with two attached hydrogens (primary N) is 2. The van der Waals surface area contributed by atoms with Crippen LogP contribution in [0, 0.1) is 0 Å². The van der Waals surface area contributed by atoms with E-state index in [0.717, 1.165) is 0 Å². The monoisotopic (exact) mass is 421 g/mol. The Labute approximate surface area is 165 Å². The molecule has 0 fully saturated rings. The molecule has 0 aromatic heterocycles. The van der Waals surface area contributed by atoms with Gasteiger partial charge >= 0.3 is 11.9 Å². The number of carbonyl (C=O) groups excluding carboxylic acids is 4. The summed E-state index contributed by atoms with van der Waals surface area (Å²) >= 11 is 3.88. The van der Waals surface area contributed by atoms with Crippen LogP contribution in [-0.4, -0.2) is 75.7 Å². The van der Waals surface area contributed by atoms with Crippen molar-refractivity contribution in [2.45, 2.75) is 43.9 Å². The van der Waals surface area contributed by atoms with Crippen LogP contribution in [0.15, 0.2) is 0 Å². The molecule has 0 aromatic carbocycles. The molecule has 0 spiro atoms. The minimum absolute atomic E-state index is 0.237. The summed E-state index contributed by atoms with van der Waals surface area (Å²) in [5.41, 5.74) is 10.4. The van der Waals surface area contributed by atoms with E-state index in [4.69, 9.17) is 21.7 Å². The Balaban J connectivity index is 4.85. The zero-order chi connectivity index (χ0) is 22.0. The summed E-state index contributed by atoms with van der Waals surface area (Å²) in [7, 11) is 0. The number of amides is 4. The molecule has 0 aliphatic rings. The van der Waals surface area contributed by atoms with Crippen molar-refractivity contribution in [2.24, 2.45) is 11.5 Å². The number of carboxylic acids is 2. The minimum atomic E-state index is -1.70. The van der Waals surface area contributed by atoms with Crippen LogP contribution in [-0.2, 0) is 28.8 Å². The van der Waals surface area contributed by atoms with Gasteiger partial charge in [-0.15, -0.1) is 0 Å². The summed E-state index contributed by atoms with van der Waals surface area (Å²) in [5, 5.41) is 24.0. The number of nitrogens with one attached hydrogen (secondary N) is 3. The van der Waals surface area contributed by atoms with Gasteiger partial charge in [0.05, 0.1) is 18.9 Å². The maximum Gasteiger partial charge on any atom is 0.326 e. The summed E-state index contributed by atoms with van der Waals surface area (Å²) < 4.78 is 0. The van der Waals surface area contributed by atoms with Gasteiger partial charge in [-0.25, -0.2) is 4.79 Å². The maximum absolute atomic E-state index is 12.1. The second-order valence-corrected chi connectivity index (χ2v) is 6.11. The highest BCUT2D eigenvalue weighted by Gasteiger charge is 2.29. The van der Waals surface area contributed by atoms with Gasteiger partial charge in [0.1, 0.15) is 18.1 Å². The van der Waals surface area contributed by atoms with Crippen molar-refractivity contribution in [3.05, 3.63) is 0 Å². The van der Waals surface area contributed by atoms with E-state index in [-0.39, 0.29) is 5.75 Å². The Bertz CT molecular complexity index is 643. The second-order valence-electron chi connectivity index (χ2n) is 5.75. The molecule has 13 nitrogen and oxygen atoms in total. The third kappa shape index (κ3) is 9.18. The molecule has 4 amide bonds. The maximum atomic E-state index is 12.1. The quantitative estimate of drug-likeness (QED) is 0.144. The van der Waals surface area contributed by atoms with Crippen molar-refractivity contribution in [2.75, 3.05) is 5.75 Å². The lowest BCUT2D eigenvalue weighted by Crippen LogP contribution is -2.57. The molecule has 0 aromatic rings. The van der Waals surface area contributed by atoms with E-state index in [1.54, 1.807) is 0 Å². The Hall–Kier alpha value is -2.87. The van der Waals surface area contributed by atoms with E-state index >= 15 is 0 Å². The average Bonchev–Trinajstić information content (AvgIpc) is 2.57. The summed E-state index contributed by atoms with van der Waals surface area (Å²) in [6, 6.07) is -5.42. The van der Waals surface area contributed by atoms with E-state index in [2.05, 4.69) is 23.3 Å². The van der Waals surface area contributed by atoms with E-state index in [9.17, 15) is 28.8 Å². The second kappa shape index (κ2) is 11.8. The van der Waals surface area contributed by atoms with Crippen molar-refractivity contribution in [3.8, 4) is 0 Å². The van der Waals surface area contributed by atoms with Gasteiger partial charge in [-0.1, -0.05) is 0 Å². The number of hydrogen-bond acceptors (Lipinski definition) is 8. The van der Waals surface area contributed by atoms with Gasteiger partial charge in [0.15, 0.2) is 0 Å².